The zero-order valence-corrected chi connectivity index (χ0v) is 21.8. The molecule has 0 saturated carbocycles. The van der Waals surface area contributed by atoms with Gasteiger partial charge in [-0.15, -0.1) is 0 Å². The van der Waals surface area contributed by atoms with E-state index >= 15 is 0 Å². The number of nitrogens with two attached hydrogens (primary N) is 3. The molecule has 0 spiro atoms. The van der Waals surface area contributed by atoms with Crippen molar-refractivity contribution in [2.45, 2.75) is 0 Å². The fraction of sp³-hybridized carbons (Fsp3) is 0.172. The Morgan fingerprint density at radius 2 is 1.55 bits per heavy atom. The van der Waals surface area contributed by atoms with E-state index in [9.17, 15) is 14.4 Å². The lowest BCUT2D eigenvalue weighted by molar-refractivity contribution is -0.135. The number of nitrogens with zero attached hydrogens (tertiary/aromatic N) is 4. The van der Waals surface area contributed by atoms with Gasteiger partial charge in [0.25, 0.3) is 5.91 Å². The van der Waals surface area contributed by atoms with E-state index in [1.807, 2.05) is 24.3 Å². The van der Waals surface area contributed by atoms with E-state index in [0.29, 0.717) is 35.5 Å². The lowest BCUT2D eigenvalue weighted by atomic mass is 10.1. The molecule has 1 aliphatic rings. The van der Waals surface area contributed by atoms with Crippen LogP contribution < -0.4 is 27.0 Å². The van der Waals surface area contributed by atoms with Crippen LogP contribution in [0.5, 0.6) is 0 Å². The second kappa shape index (κ2) is 12.5. The van der Waals surface area contributed by atoms with E-state index in [-0.39, 0.29) is 6.03 Å². The molecule has 206 valence electrons. The third-order valence-corrected chi connectivity index (χ3v) is 6.50. The van der Waals surface area contributed by atoms with Crippen molar-refractivity contribution in [3.63, 3.8) is 0 Å². The number of urea groups is 1. The molecular weight excluding hydrogens is 510 g/mol. The number of fused-ring (bicyclic) bond motifs is 1. The highest BCUT2D eigenvalue weighted by atomic mass is 16.4. The van der Waals surface area contributed by atoms with E-state index in [4.69, 9.17) is 22.3 Å². The number of primary amides is 1. The SMILES string of the molecule is NC(=O)N1CCN(c2ccc(N)cc2)CC1.Nc1nccc2ccc(C(=O)N(CC(=O)O)c3ccccc3)cc12. The van der Waals surface area contributed by atoms with Gasteiger partial charge in [0.15, 0.2) is 0 Å². The van der Waals surface area contributed by atoms with Crippen molar-refractivity contribution in [3.05, 3.63) is 90.6 Å². The molecule has 1 saturated heterocycles. The maximum atomic E-state index is 12.8. The maximum Gasteiger partial charge on any atom is 0.323 e. The topological polar surface area (TPSA) is 172 Å². The molecule has 0 radical (unpaired) electrons. The first-order valence-electron chi connectivity index (χ1n) is 12.6. The summed E-state index contributed by atoms with van der Waals surface area (Å²) in [7, 11) is 0. The van der Waals surface area contributed by atoms with Crippen molar-refractivity contribution < 1.29 is 19.5 Å². The number of hydrogen-bond acceptors (Lipinski definition) is 7. The smallest absolute Gasteiger partial charge is 0.323 e. The van der Waals surface area contributed by atoms with Crippen LogP contribution in [0.2, 0.25) is 0 Å². The first-order valence-corrected chi connectivity index (χ1v) is 12.6. The summed E-state index contributed by atoms with van der Waals surface area (Å²) in [6.45, 7) is 2.56. The van der Waals surface area contributed by atoms with Gasteiger partial charge in [-0.2, -0.15) is 0 Å². The summed E-state index contributed by atoms with van der Waals surface area (Å²) in [5.41, 5.74) is 19.5. The molecule has 5 rings (SSSR count). The Hall–Kier alpha value is -5.32. The summed E-state index contributed by atoms with van der Waals surface area (Å²) < 4.78 is 0. The number of carboxylic acids is 1. The molecule has 1 aliphatic heterocycles. The molecule has 11 nitrogen and oxygen atoms in total. The van der Waals surface area contributed by atoms with Gasteiger partial charge >= 0.3 is 12.0 Å². The largest absolute Gasteiger partial charge is 0.480 e. The highest BCUT2D eigenvalue weighted by molar-refractivity contribution is 6.10. The molecule has 3 aromatic carbocycles. The van der Waals surface area contributed by atoms with Crippen molar-refractivity contribution >= 4 is 51.6 Å². The molecule has 3 amide bonds. The van der Waals surface area contributed by atoms with Gasteiger partial charge < -0.3 is 32.1 Å². The number of anilines is 4. The number of hydrogen-bond donors (Lipinski definition) is 4. The van der Waals surface area contributed by atoms with Crippen LogP contribution in [-0.4, -0.2) is 65.6 Å². The van der Waals surface area contributed by atoms with Gasteiger partial charge in [-0.25, -0.2) is 9.78 Å². The highest BCUT2D eigenvalue weighted by Crippen LogP contribution is 2.23. The van der Waals surface area contributed by atoms with Gasteiger partial charge in [0.1, 0.15) is 12.4 Å². The second-order valence-corrected chi connectivity index (χ2v) is 9.16. The monoisotopic (exact) mass is 541 g/mol. The number of para-hydroxylation sites is 1. The molecule has 4 aromatic rings. The number of aliphatic carboxylic acids is 1. The first-order chi connectivity index (χ1) is 19.2. The number of benzene rings is 3. The van der Waals surface area contributed by atoms with Crippen LogP contribution in [0.1, 0.15) is 10.4 Å². The number of rotatable bonds is 5. The molecule has 0 aliphatic carbocycles. The van der Waals surface area contributed by atoms with Crippen LogP contribution in [0.15, 0.2) is 85.1 Å². The maximum absolute atomic E-state index is 12.8. The number of piperazine rings is 1. The minimum atomic E-state index is -1.09. The standard InChI is InChI=1S/C18H15N3O3.C11H16N4O/c19-17-15-10-13(7-6-12(15)8-9-20-17)18(24)21(11-16(22)23)14-4-2-1-3-5-14;12-9-1-3-10(4-2-9)14-5-7-15(8-6-14)11(13)16/h1-10H,11H2,(H2,19,20)(H,22,23);1-4H,5-8,12H2,(H2,13,16). The fourth-order valence-corrected chi connectivity index (χ4v) is 4.37. The molecule has 7 N–H and O–H groups in total. The Labute approximate surface area is 231 Å². The number of carbonyl (C=O) groups excluding carboxylic acids is 2. The molecular formula is C29H31N7O4. The summed E-state index contributed by atoms with van der Waals surface area (Å²) >= 11 is 0. The van der Waals surface area contributed by atoms with Gasteiger partial charge in [0, 0.05) is 60.4 Å². The Kier molecular flexibility index (Phi) is 8.65. The van der Waals surface area contributed by atoms with Crippen LogP contribution >= 0.6 is 0 Å². The van der Waals surface area contributed by atoms with Crippen molar-refractivity contribution in [3.8, 4) is 0 Å². The van der Waals surface area contributed by atoms with Crippen LogP contribution in [0, 0.1) is 0 Å². The number of nitrogen functional groups attached to an aromatic ring is 2. The van der Waals surface area contributed by atoms with Gasteiger partial charge in [0.05, 0.1) is 0 Å². The fourth-order valence-electron chi connectivity index (χ4n) is 4.37. The third kappa shape index (κ3) is 6.76. The van der Waals surface area contributed by atoms with E-state index in [2.05, 4.69) is 9.88 Å². The number of aromatic nitrogens is 1. The first kappa shape index (κ1) is 27.7. The van der Waals surface area contributed by atoms with Crippen molar-refractivity contribution in [1.29, 1.82) is 0 Å². The molecule has 40 heavy (non-hydrogen) atoms. The number of carbonyl (C=O) groups is 3. The number of carboxylic acid groups (broad SMARTS) is 1. The zero-order chi connectivity index (χ0) is 28.6. The van der Waals surface area contributed by atoms with Crippen LogP contribution in [0.4, 0.5) is 27.7 Å². The van der Waals surface area contributed by atoms with Crippen LogP contribution in [0.3, 0.4) is 0 Å². The Balaban J connectivity index is 0.000000201. The van der Waals surface area contributed by atoms with Crippen molar-refractivity contribution in [1.82, 2.24) is 9.88 Å². The summed E-state index contributed by atoms with van der Waals surface area (Å²) in [5, 5.41) is 10.7. The predicted molar refractivity (Wildman–Crippen MR) is 156 cm³/mol. The van der Waals surface area contributed by atoms with Crippen LogP contribution in [0.25, 0.3) is 10.8 Å². The Bertz CT molecular complexity index is 1490. The third-order valence-electron chi connectivity index (χ3n) is 6.50. The summed E-state index contributed by atoms with van der Waals surface area (Å²) in [5.74, 6) is -1.17. The van der Waals surface area contributed by atoms with Gasteiger partial charge in [-0.3, -0.25) is 14.5 Å². The number of pyridine rings is 1. The molecule has 1 aromatic heterocycles. The molecule has 0 atom stereocenters. The highest BCUT2D eigenvalue weighted by Gasteiger charge is 2.21. The molecule has 1 fully saturated rings. The average molecular weight is 542 g/mol. The summed E-state index contributed by atoms with van der Waals surface area (Å²) in [6, 6.07) is 23.0. The minimum absolute atomic E-state index is 0.326. The summed E-state index contributed by atoms with van der Waals surface area (Å²) in [4.78, 5) is 44.1. The zero-order valence-electron chi connectivity index (χ0n) is 21.8. The summed E-state index contributed by atoms with van der Waals surface area (Å²) in [6.07, 6.45) is 1.60. The lowest BCUT2D eigenvalue weighted by Gasteiger charge is -2.35. The normalized spacial score (nSPS) is 12.8. The van der Waals surface area contributed by atoms with E-state index in [0.717, 1.165) is 29.9 Å². The number of amides is 3. The average Bonchev–Trinajstić information content (AvgIpc) is 2.97. The lowest BCUT2D eigenvalue weighted by Crippen LogP contribution is -2.50. The van der Waals surface area contributed by atoms with Crippen LogP contribution in [-0.2, 0) is 4.79 Å². The van der Waals surface area contributed by atoms with Gasteiger partial charge in [-0.05, 0) is 60.0 Å². The second-order valence-electron chi connectivity index (χ2n) is 9.16. The van der Waals surface area contributed by atoms with E-state index < -0.39 is 18.4 Å². The van der Waals surface area contributed by atoms with Crippen molar-refractivity contribution in [2.75, 3.05) is 54.0 Å². The van der Waals surface area contributed by atoms with Gasteiger partial charge in [-0.1, -0.05) is 24.3 Å². The predicted octanol–water partition coefficient (Wildman–Crippen LogP) is 3.02. The minimum Gasteiger partial charge on any atom is -0.480 e. The molecule has 2 heterocycles. The van der Waals surface area contributed by atoms with E-state index in [1.54, 1.807) is 65.7 Å². The van der Waals surface area contributed by atoms with Crippen molar-refractivity contribution in [2.24, 2.45) is 5.73 Å². The Morgan fingerprint density at radius 1 is 0.875 bits per heavy atom. The molecule has 0 bridgehead atoms. The Morgan fingerprint density at radius 3 is 2.17 bits per heavy atom. The molecule has 11 heteroatoms. The van der Waals surface area contributed by atoms with E-state index in [1.165, 1.54) is 4.90 Å². The quantitative estimate of drug-likeness (QED) is 0.279. The molecule has 0 unspecified atom stereocenters. The van der Waals surface area contributed by atoms with Gasteiger partial charge in [0.2, 0.25) is 0 Å².